The van der Waals surface area contributed by atoms with Crippen molar-refractivity contribution in [2.45, 2.75) is 12.8 Å². The largest absolute Gasteiger partial charge is 0.497 e. The van der Waals surface area contributed by atoms with E-state index in [-0.39, 0.29) is 5.91 Å². The molecule has 1 saturated heterocycles. The maximum Gasteiger partial charge on any atom is 0.270 e. The maximum absolute atomic E-state index is 12.6. The Hall–Kier alpha value is -2.43. The van der Waals surface area contributed by atoms with Crippen LogP contribution in [0.1, 0.15) is 23.3 Å². The van der Waals surface area contributed by atoms with Crippen LogP contribution < -0.4 is 9.47 Å². The molecule has 0 radical (unpaired) electrons. The van der Waals surface area contributed by atoms with E-state index in [2.05, 4.69) is 0 Å². The van der Waals surface area contributed by atoms with Crippen LogP contribution in [0.15, 0.2) is 42.6 Å². The van der Waals surface area contributed by atoms with Crippen LogP contribution >= 0.6 is 0 Å². The second kappa shape index (κ2) is 7.43. The molecule has 24 heavy (non-hydrogen) atoms. The molecule has 128 valence electrons. The topological polar surface area (TPSA) is 43.7 Å². The molecule has 1 atom stereocenters. The number of carbonyl (C=O) groups excluding carboxylic acids is 1. The molecule has 1 aliphatic rings. The molecule has 1 fully saturated rings. The van der Waals surface area contributed by atoms with E-state index in [1.807, 2.05) is 59.1 Å². The molecular formula is C19H24N2O3. The normalized spacial score (nSPS) is 17.6. The second-order valence-corrected chi connectivity index (χ2v) is 6.25. The van der Waals surface area contributed by atoms with Crippen molar-refractivity contribution in [1.29, 1.82) is 0 Å². The lowest BCUT2D eigenvalue weighted by Gasteiger charge is -2.32. The van der Waals surface area contributed by atoms with Gasteiger partial charge in [-0.3, -0.25) is 4.79 Å². The monoisotopic (exact) mass is 328 g/mol. The Kier molecular flexibility index (Phi) is 5.08. The van der Waals surface area contributed by atoms with E-state index >= 15 is 0 Å². The molecule has 3 rings (SSSR count). The summed E-state index contributed by atoms with van der Waals surface area (Å²) >= 11 is 0. The summed E-state index contributed by atoms with van der Waals surface area (Å²) in [6.07, 6.45) is 4.02. The Labute approximate surface area is 142 Å². The molecule has 0 unspecified atom stereocenters. The minimum Gasteiger partial charge on any atom is -0.497 e. The first-order valence-corrected chi connectivity index (χ1v) is 8.35. The van der Waals surface area contributed by atoms with Crippen molar-refractivity contribution >= 4 is 5.91 Å². The predicted molar refractivity (Wildman–Crippen MR) is 92.5 cm³/mol. The Morgan fingerprint density at radius 2 is 1.96 bits per heavy atom. The molecule has 0 N–H and O–H groups in total. The zero-order chi connectivity index (χ0) is 16.9. The highest BCUT2D eigenvalue weighted by Gasteiger charge is 2.26. The van der Waals surface area contributed by atoms with Gasteiger partial charge in [0.2, 0.25) is 0 Å². The van der Waals surface area contributed by atoms with Gasteiger partial charge in [-0.1, -0.05) is 0 Å². The zero-order valence-electron chi connectivity index (χ0n) is 14.3. The summed E-state index contributed by atoms with van der Waals surface area (Å²) in [5.74, 6) is 2.13. The quantitative estimate of drug-likeness (QED) is 0.847. The van der Waals surface area contributed by atoms with Crippen molar-refractivity contribution in [3.63, 3.8) is 0 Å². The van der Waals surface area contributed by atoms with Gasteiger partial charge in [0, 0.05) is 32.3 Å². The molecular weight excluding hydrogens is 304 g/mol. The maximum atomic E-state index is 12.6. The summed E-state index contributed by atoms with van der Waals surface area (Å²) in [6, 6.07) is 11.4. The number of piperidine rings is 1. The second-order valence-electron chi connectivity index (χ2n) is 6.25. The van der Waals surface area contributed by atoms with Gasteiger partial charge in [-0.05, 0) is 49.2 Å². The average molecular weight is 328 g/mol. The summed E-state index contributed by atoms with van der Waals surface area (Å²) in [5.41, 5.74) is 0.742. The summed E-state index contributed by atoms with van der Waals surface area (Å²) in [6.45, 7) is 2.20. The Bertz CT molecular complexity index is 678. The number of rotatable bonds is 5. The fourth-order valence-electron chi connectivity index (χ4n) is 3.12. The number of aromatic nitrogens is 1. The van der Waals surface area contributed by atoms with Gasteiger partial charge in [-0.25, -0.2) is 0 Å². The van der Waals surface area contributed by atoms with Crippen LogP contribution in [0.3, 0.4) is 0 Å². The van der Waals surface area contributed by atoms with Crippen LogP contribution in [0.4, 0.5) is 0 Å². The van der Waals surface area contributed by atoms with Gasteiger partial charge < -0.3 is 18.9 Å². The molecule has 2 aromatic rings. The Morgan fingerprint density at radius 1 is 1.21 bits per heavy atom. The molecule has 0 spiro atoms. The number of hydrogen-bond donors (Lipinski definition) is 0. The number of benzene rings is 1. The first kappa shape index (κ1) is 16.4. The number of likely N-dealkylation sites (tertiary alicyclic amines) is 1. The van der Waals surface area contributed by atoms with Crippen LogP contribution in [-0.4, -0.2) is 42.2 Å². The molecule has 0 saturated carbocycles. The van der Waals surface area contributed by atoms with Crippen molar-refractivity contribution in [2.75, 3.05) is 26.8 Å². The van der Waals surface area contributed by atoms with E-state index in [0.29, 0.717) is 12.5 Å². The summed E-state index contributed by atoms with van der Waals surface area (Å²) in [4.78, 5) is 14.6. The molecule has 2 heterocycles. The average Bonchev–Trinajstić information content (AvgIpc) is 3.06. The number of ether oxygens (including phenoxy) is 2. The third-order valence-corrected chi connectivity index (χ3v) is 4.51. The van der Waals surface area contributed by atoms with Crippen LogP contribution in [0, 0.1) is 5.92 Å². The number of aryl methyl sites for hydroxylation is 1. The van der Waals surface area contributed by atoms with Crippen LogP contribution in [0.5, 0.6) is 11.5 Å². The molecule has 1 aromatic carbocycles. The summed E-state index contributed by atoms with van der Waals surface area (Å²) < 4.78 is 12.9. The summed E-state index contributed by atoms with van der Waals surface area (Å²) in [7, 11) is 3.55. The molecule has 1 amide bonds. The number of carbonyl (C=O) groups is 1. The van der Waals surface area contributed by atoms with Gasteiger partial charge in [-0.15, -0.1) is 0 Å². The van der Waals surface area contributed by atoms with Gasteiger partial charge in [0.25, 0.3) is 5.91 Å². The molecule has 1 aromatic heterocycles. The smallest absolute Gasteiger partial charge is 0.270 e. The lowest BCUT2D eigenvalue weighted by molar-refractivity contribution is 0.0624. The van der Waals surface area contributed by atoms with Crippen LogP contribution in [0.2, 0.25) is 0 Å². The van der Waals surface area contributed by atoms with Crippen molar-refractivity contribution in [3.05, 3.63) is 48.3 Å². The first-order valence-electron chi connectivity index (χ1n) is 8.35. The van der Waals surface area contributed by atoms with Crippen LogP contribution in [0.25, 0.3) is 0 Å². The van der Waals surface area contributed by atoms with E-state index in [9.17, 15) is 4.79 Å². The predicted octanol–water partition coefficient (Wildman–Crippen LogP) is 2.96. The number of nitrogens with zero attached hydrogens (tertiary/aromatic N) is 2. The minimum absolute atomic E-state index is 0.108. The third-order valence-electron chi connectivity index (χ3n) is 4.51. The molecule has 1 aliphatic heterocycles. The van der Waals surface area contributed by atoms with E-state index < -0.39 is 0 Å². The minimum atomic E-state index is 0.108. The molecule has 5 nitrogen and oxygen atoms in total. The van der Waals surface area contributed by atoms with Crippen molar-refractivity contribution in [2.24, 2.45) is 13.0 Å². The van der Waals surface area contributed by atoms with E-state index in [0.717, 1.165) is 43.1 Å². The standard InChI is InChI=1S/C19H24N2O3/c1-20-11-4-6-18(20)19(22)21-12-3-5-15(13-21)14-24-17-9-7-16(23-2)8-10-17/h4,6-11,15H,3,5,12-14H2,1-2H3/t15-/m1/s1. The molecule has 0 aliphatic carbocycles. The van der Waals surface area contributed by atoms with Crippen LogP contribution in [-0.2, 0) is 7.05 Å². The number of methoxy groups -OCH3 is 1. The highest BCUT2D eigenvalue weighted by molar-refractivity contribution is 5.92. The highest BCUT2D eigenvalue weighted by atomic mass is 16.5. The van der Waals surface area contributed by atoms with Gasteiger partial charge in [0.1, 0.15) is 17.2 Å². The van der Waals surface area contributed by atoms with E-state index in [1.54, 1.807) is 7.11 Å². The Morgan fingerprint density at radius 3 is 2.62 bits per heavy atom. The fraction of sp³-hybridized carbons (Fsp3) is 0.421. The molecule has 5 heteroatoms. The number of hydrogen-bond acceptors (Lipinski definition) is 3. The highest BCUT2D eigenvalue weighted by Crippen LogP contribution is 2.22. The Balaban J connectivity index is 1.55. The lowest BCUT2D eigenvalue weighted by Crippen LogP contribution is -2.42. The third kappa shape index (κ3) is 3.72. The van der Waals surface area contributed by atoms with E-state index in [1.165, 1.54) is 0 Å². The van der Waals surface area contributed by atoms with Gasteiger partial charge in [0.15, 0.2) is 0 Å². The SMILES string of the molecule is COc1ccc(OC[C@@H]2CCCN(C(=O)c3cccn3C)C2)cc1. The van der Waals surface area contributed by atoms with E-state index in [4.69, 9.17) is 9.47 Å². The van der Waals surface area contributed by atoms with Crippen molar-refractivity contribution in [1.82, 2.24) is 9.47 Å². The zero-order valence-corrected chi connectivity index (χ0v) is 14.3. The van der Waals surface area contributed by atoms with Crippen molar-refractivity contribution < 1.29 is 14.3 Å². The number of amides is 1. The molecule has 0 bridgehead atoms. The lowest BCUT2D eigenvalue weighted by atomic mass is 9.98. The van der Waals surface area contributed by atoms with Crippen molar-refractivity contribution in [3.8, 4) is 11.5 Å². The first-order chi connectivity index (χ1) is 11.7. The van der Waals surface area contributed by atoms with Gasteiger partial charge >= 0.3 is 0 Å². The van der Waals surface area contributed by atoms with Gasteiger partial charge in [0.05, 0.1) is 13.7 Å². The van der Waals surface area contributed by atoms with Gasteiger partial charge in [-0.2, -0.15) is 0 Å². The fourth-order valence-corrected chi connectivity index (χ4v) is 3.12. The summed E-state index contributed by atoms with van der Waals surface area (Å²) in [5, 5.41) is 0.